The average Bonchev–Trinajstić information content (AvgIpc) is 3.00. The van der Waals surface area contributed by atoms with Gasteiger partial charge < -0.3 is 10.5 Å². The van der Waals surface area contributed by atoms with E-state index >= 15 is 0 Å². The monoisotopic (exact) mass is 219 g/mol. The Balaban J connectivity index is 2.52. The molecule has 1 aliphatic rings. The Morgan fingerprint density at radius 1 is 1.38 bits per heavy atom. The van der Waals surface area contributed by atoms with Gasteiger partial charge in [-0.1, -0.05) is 0 Å². The highest BCUT2D eigenvalue weighted by Crippen LogP contribution is 2.44. The molecule has 0 bridgehead atoms. The summed E-state index contributed by atoms with van der Waals surface area (Å²) >= 11 is 0. The van der Waals surface area contributed by atoms with Crippen LogP contribution in [0.1, 0.15) is 39.9 Å². The largest absolute Gasteiger partial charge is 0.465 e. The Morgan fingerprint density at radius 2 is 2.00 bits per heavy atom. The van der Waals surface area contributed by atoms with Gasteiger partial charge in [0.05, 0.1) is 12.7 Å². The number of esters is 1. The first-order valence-corrected chi connectivity index (χ1v) is 5.47. The SMILES string of the molecule is COC(=O)c1cc(C)c(C)c(C2(N)CC2)c1. The second-order valence-electron chi connectivity index (χ2n) is 4.61. The Labute approximate surface area is 95.6 Å². The molecule has 0 atom stereocenters. The molecule has 2 rings (SSSR count). The average molecular weight is 219 g/mol. The second kappa shape index (κ2) is 3.59. The van der Waals surface area contributed by atoms with Gasteiger partial charge in [0.15, 0.2) is 0 Å². The third kappa shape index (κ3) is 1.71. The molecule has 2 N–H and O–H groups in total. The predicted molar refractivity (Wildman–Crippen MR) is 62.4 cm³/mol. The van der Waals surface area contributed by atoms with E-state index in [1.807, 2.05) is 19.1 Å². The van der Waals surface area contributed by atoms with Gasteiger partial charge in [0, 0.05) is 5.54 Å². The lowest BCUT2D eigenvalue weighted by molar-refractivity contribution is 0.0600. The fourth-order valence-corrected chi connectivity index (χ4v) is 2.02. The molecule has 3 heteroatoms. The van der Waals surface area contributed by atoms with E-state index in [1.54, 1.807) is 0 Å². The third-order valence-corrected chi connectivity index (χ3v) is 3.41. The quantitative estimate of drug-likeness (QED) is 0.774. The van der Waals surface area contributed by atoms with Crippen molar-refractivity contribution < 1.29 is 9.53 Å². The maximum absolute atomic E-state index is 11.5. The number of rotatable bonds is 2. The topological polar surface area (TPSA) is 52.3 Å². The van der Waals surface area contributed by atoms with Gasteiger partial charge in [-0.2, -0.15) is 0 Å². The Kier molecular flexibility index (Phi) is 2.50. The molecule has 1 aromatic carbocycles. The summed E-state index contributed by atoms with van der Waals surface area (Å²) < 4.78 is 4.74. The summed E-state index contributed by atoms with van der Waals surface area (Å²) in [4.78, 5) is 11.5. The first kappa shape index (κ1) is 11.1. The van der Waals surface area contributed by atoms with Crippen LogP contribution in [0.15, 0.2) is 12.1 Å². The minimum absolute atomic E-state index is 0.209. The first-order chi connectivity index (χ1) is 7.48. The highest BCUT2D eigenvalue weighted by Gasteiger charge is 2.41. The van der Waals surface area contributed by atoms with Crippen molar-refractivity contribution in [1.82, 2.24) is 0 Å². The van der Waals surface area contributed by atoms with E-state index in [9.17, 15) is 4.79 Å². The van der Waals surface area contributed by atoms with Crippen LogP contribution < -0.4 is 5.73 Å². The number of carbonyl (C=O) groups excluding carboxylic acids is 1. The summed E-state index contributed by atoms with van der Waals surface area (Å²) in [6, 6.07) is 3.73. The van der Waals surface area contributed by atoms with Crippen molar-refractivity contribution in [2.75, 3.05) is 7.11 Å². The van der Waals surface area contributed by atoms with Crippen molar-refractivity contribution in [3.8, 4) is 0 Å². The highest BCUT2D eigenvalue weighted by molar-refractivity contribution is 5.90. The van der Waals surface area contributed by atoms with Crippen LogP contribution in [0.4, 0.5) is 0 Å². The fourth-order valence-electron chi connectivity index (χ4n) is 2.02. The Morgan fingerprint density at radius 3 is 2.50 bits per heavy atom. The molecule has 0 saturated heterocycles. The van der Waals surface area contributed by atoms with Crippen LogP contribution >= 0.6 is 0 Å². The molecule has 0 radical (unpaired) electrons. The maximum atomic E-state index is 11.5. The van der Waals surface area contributed by atoms with Gasteiger partial charge in [0.25, 0.3) is 0 Å². The first-order valence-electron chi connectivity index (χ1n) is 5.47. The van der Waals surface area contributed by atoms with Crippen LogP contribution in [0.3, 0.4) is 0 Å². The minimum atomic E-state index is -0.298. The van der Waals surface area contributed by atoms with E-state index in [-0.39, 0.29) is 11.5 Å². The molecule has 0 unspecified atom stereocenters. The van der Waals surface area contributed by atoms with E-state index in [4.69, 9.17) is 10.5 Å². The number of ether oxygens (including phenoxy) is 1. The van der Waals surface area contributed by atoms with Gasteiger partial charge in [-0.3, -0.25) is 0 Å². The van der Waals surface area contributed by atoms with Gasteiger partial charge in [-0.15, -0.1) is 0 Å². The van der Waals surface area contributed by atoms with Crippen LogP contribution in [-0.2, 0) is 10.3 Å². The predicted octanol–water partition coefficient (Wildman–Crippen LogP) is 2.04. The summed E-state index contributed by atoms with van der Waals surface area (Å²) in [7, 11) is 1.40. The number of methoxy groups -OCH3 is 1. The molecule has 0 aliphatic heterocycles. The van der Waals surface area contributed by atoms with Gasteiger partial charge in [0.2, 0.25) is 0 Å². The van der Waals surface area contributed by atoms with E-state index in [1.165, 1.54) is 12.7 Å². The molecule has 3 nitrogen and oxygen atoms in total. The van der Waals surface area contributed by atoms with Crippen LogP contribution in [0.2, 0.25) is 0 Å². The molecule has 1 aromatic rings. The minimum Gasteiger partial charge on any atom is -0.465 e. The molecule has 86 valence electrons. The van der Waals surface area contributed by atoms with Gasteiger partial charge in [-0.25, -0.2) is 4.79 Å². The zero-order valence-electron chi connectivity index (χ0n) is 9.96. The van der Waals surface area contributed by atoms with Crippen LogP contribution in [0, 0.1) is 13.8 Å². The summed E-state index contributed by atoms with van der Waals surface area (Å²) in [6.45, 7) is 4.05. The van der Waals surface area contributed by atoms with E-state index in [2.05, 4.69) is 6.92 Å². The van der Waals surface area contributed by atoms with Crippen molar-refractivity contribution in [3.05, 3.63) is 34.4 Å². The van der Waals surface area contributed by atoms with Crippen molar-refractivity contribution in [2.45, 2.75) is 32.2 Å². The highest BCUT2D eigenvalue weighted by atomic mass is 16.5. The lowest BCUT2D eigenvalue weighted by atomic mass is 9.93. The number of nitrogens with two attached hydrogens (primary N) is 1. The van der Waals surface area contributed by atoms with Gasteiger partial charge in [-0.05, 0) is 55.5 Å². The maximum Gasteiger partial charge on any atom is 0.337 e. The summed E-state index contributed by atoms with van der Waals surface area (Å²) in [6.07, 6.45) is 2.00. The molecule has 16 heavy (non-hydrogen) atoms. The van der Waals surface area contributed by atoms with Gasteiger partial charge >= 0.3 is 5.97 Å². The van der Waals surface area contributed by atoms with E-state index < -0.39 is 0 Å². The van der Waals surface area contributed by atoms with Crippen LogP contribution in [0.25, 0.3) is 0 Å². The molecule has 1 aliphatic carbocycles. The van der Waals surface area contributed by atoms with Gasteiger partial charge in [0.1, 0.15) is 0 Å². The third-order valence-electron chi connectivity index (χ3n) is 3.41. The van der Waals surface area contributed by atoms with Crippen LogP contribution in [0.5, 0.6) is 0 Å². The molecule has 0 spiro atoms. The Hall–Kier alpha value is -1.35. The second-order valence-corrected chi connectivity index (χ2v) is 4.61. The molecule has 1 fully saturated rings. The van der Waals surface area contributed by atoms with Crippen molar-refractivity contribution in [3.63, 3.8) is 0 Å². The standard InChI is InChI=1S/C13H17NO2/c1-8-6-10(12(15)16-3)7-11(9(8)2)13(14)4-5-13/h6-7H,4-5,14H2,1-3H3. The zero-order chi connectivity index (χ0) is 11.9. The van der Waals surface area contributed by atoms with Crippen molar-refractivity contribution in [2.24, 2.45) is 5.73 Å². The van der Waals surface area contributed by atoms with Crippen molar-refractivity contribution >= 4 is 5.97 Å². The number of carbonyl (C=O) groups is 1. The summed E-state index contributed by atoms with van der Waals surface area (Å²) in [5.74, 6) is -0.298. The lowest BCUT2D eigenvalue weighted by Gasteiger charge is -2.16. The molecular weight excluding hydrogens is 202 g/mol. The summed E-state index contributed by atoms with van der Waals surface area (Å²) in [5, 5.41) is 0. The Bertz CT molecular complexity index is 447. The zero-order valence-corrected chi connectivity index (χ0v) is 9.96. The summed E-state index contributed by atoms with van der Waals surface area (Å²) in [5.41, 5.74) is 9.95. The number of hydrogen-bond acceptors (Lipinski definition) is 3. The van der Waals surface area contributed by atoms with E-state index in [0.717, 1.165) is 24.0 Å². The molecule has 0 aromatic heterocycles. The normalized spacial score (nSPS) is 17.0. The fraction of sp³-hybridized carbons (Fsp3) is 0.462. The molecular formula is C13H17NO2. The van der Waals surface area contributed by atoms with E-state index in [0.29, 0.717) is 5.56 Å². The lowest BCUT2D eigenvalue weighted by Crippen LogP contribution is -2.21. The molecule has 1 saturated carbocycles. The smallest absolute Gasteiger partial charge is 0.337 e. The van der Waals surface area contributed by atoms with Crippen LogP contribution in [-0.4, -0.2) is 13.1 Å². The molecule has 0 heterocycles. The van der Waals surface area contributed by atoms with Crippen molar-refractivity contribution in [1.29, 1.82) is 0 Å². The number of hydrogen-bond donors (Lipinski definition) is 1. The number of benzene rings is 1. The molecule has 0 amide bonds. The number of aryl methyl sites for hydroxylation is 1.